The summed E-state index contributed by atoms with van der Waals surface area (Å²) in [5.74, 6) is 1.68. The second-order valence-corrected chi connectivity index (χ2v) is 7.47. The SMILES string of the molecule is COc1ccc(CNc2ncnc3c(CCO)c(OC)c(OC(=O)N(C)C)cc23)cc1Cl. The first-order valence-electron chi connectivity index (χ1n) is 9.80. The van der Waals surface area contributed by atoms with Crippen LogP contribution in [0.1, 0.15) is 11.1 Å². The number of hydrogen-bond acceptors (Lipinski definition) is 8. The van der Waals surface area contributed by atoms with Gasteiger partial charge in [0.05, 0.1) is 24.8 Å². The number of nitrogens with zero attached hydrogens (tertiary/aromatic N) is 3. The Balaban J connectivity index is 2.04. The molecular weight excluding hydrogens is 436 g/mol. The summed E-state index contributed by atoms with van der Waals surface area (Å²) in [5.41, 5.74) is 2.13. The molecule has 9 nitrogen and oxygen atoms in total. The summed E-state index contributed by atoms with van der Waals surface area (Å²) in [5, 5.41) is 14.0. The van der Waals surface area contributed by atoms with Gasteiger partial charge in [0.1, 0.15) is 17.9 Å². The monoisotopic (exact) mass is 460 g/mol. The van der Waals surface area contributed by atoms with Crippen LogP contribution in [0.25, 0.3) is 10.9 Å². The predicted molar refractivity (Wildman–Crippen MR) is 122 cm³/mol. The van der Waals surface area contributed by atoms with Crippen LogP contribution in [0.2, 0.25) is 5.02 Å². The first-order chi connectivity index (χ1) is 15.4. The zero-order valence-corrected chi connectivity index (χ0v) is 19.1. The van der Waals surface area contributed by atoms with E-state index in [-0.39, 0.29) is 18.8 Å². The van der Waals surface area contributed by atoms with Gasteiger partial charge in [-0.25, -0.2) is 14.8 Å². The van der Waals surface area contributed by atoms with Gasteiger partial charge in [0.15, 0.2) is 11.5 Å². The van der Waals surface area contributed by atoms with Crippen molar-refractivity contribution < 1.29 is 24.1 Å². The van der Waals surface area contributed by atoms with Gasteiger partial charge < -0.3 is 29.5 Å². The standard InChI is InChI=1S/C22H25ClN4O5/c1-27(2)22(29)32-18-10-15-19(14(7-8-28)20(18)31-4)25-12-26-21(15)24-11-13-5-6-17(30-3)16(23)9-13/h5-6,9-10,12,28H,7-8,11H2,1-4H3,(H,24,25,26). The van der Waals surface area contributed by atoms with Gasteiger partial charge in [0, 0.05) is 44.6 Å². The Bertz CT molecular complexity index is 1120. The molecule has 170 valence electrons. The molecule has 0 unspecified atom stereocenters. The molecule has 3 rings (SSSR count). The molecule has 0 fully saturated rings. The Hall–Kier alpha value is -3.30. The molecule has 1 aromatic heterocycles. The number of halogens is 1. The number of fused-ring (bicyclic) bond motifs is 1. The molecular formula is C22H25ClN4O5. The van der Waals surface area contributed by atoms with Crippen LogP contribution in [0.3, 0.4) is 0 Å². The molecule has 10 heteroatoms. The Morgan fingerprint density at radius 2 is 1.94 bits per heavy atom. The van der Waals surface area contributed by atoms with Crippen LogP contribution in [-0.4, -0.2) is 61.0 Å². The molecule has 0 saturated carbocycles. The molecule has 0 saturated heterocycles. The van der Waals surface area contributed by atoms with Crippen molar-refractivity contribution in [2.75, 3.05) is 40.2 Å². The number of hydrogen-bond donors (Lipinski definition) is 2. The van der Waals surface area contributed by atoms with Gasteiger partial charge in [-0.15, -0.1) is 0 Å². The molecule has 0 atom stereocenters. The van der Waals surface area contributed by atoms with Gasteiger partial charge in [-0.2, -0.15) is 0 Å². The molecule has 0 aliphatic heterocycles. The molecule has 0 aliphatic rings. The highest BCUT2D eigenvalue weighted by molar-refractivity contribution is 6.32. The average molecular weight is 461 g/mol. The van der Waals surface area contributed by atoms with E-state index in [0.717, 1.165) is 5.56 Å². The van der Waals surface area contributed by atoms with Gasteiger partial charge in [-0.3, -0.25) is 0 Å². The fourth-order valence-electron chi connectivity index (χ4n) is 3.20. The fourth-order valence-corrected chi connectivity index (χ4v) is 3.48. The normalized spacial score (nSPS) is 10.7. The van der Waals surface area contributed by atoms with E-state index < -0.39 is 6.09 Å². The summed E-state index contributed by atoms with van der Waals surface area (Å²) in [6, 6.07) is 7.15. The fraction of sp³-hybridized carbons (Fsp3) is 0.318. The highest BCUT2D eigenvalue weighted by atomic mass is 35.5. The number of anilines is 1. The molecule has 1 amide bonds. The van der Waals surface area contributed by atoms with Crippen molar-refractivity contribution in [1.82, 2.24) is 14.9 Å². The van der Waals surface area contributed by atoms with Crippen molar-refractivity contribution in [1.29, 1.82) is 0 Å². The van der Waals surface area contributed by atoms with Crippen molar-refractivity contribution >= 4 is 34.4 Å². The third-order valence-corrected chi connectivity index (χ3v) is 5.04. The minimum absolute atomic E-state index is 0.131. The van der Waals surface area contributed by atoms with Gasteiger partial charge in [-0.05, 0) is 23.8 Å². The number of methoxy groups -OCH3 is 2. The number of ether oxygens (including phenoxy) is 3. The maximum atomic E-state index is 12.2. The minimum Gasteiger partial charge on any atom is -0.495 e. The maximum Gasteiger partial charge on any atom is 0.414 e. The summed E-state index contributed by atoms with van der Waals surface area (Å²) in [7, 11) is 6.20. The Kier molecular flexibility index (Phi) is 7.55. The van der Waals surface area contributed by atoms with Gasteiger partial charge >= 0.3 is 6.09 Å². The van der Waals surface area contributed by atoms with E-state index in [2.05, 4.69) is 15.3 Å². The summed E-state index contributed by atoms with van der Waals surface area (Å²) < 4.78 is 16.2. The lowest BCUT2D eigenvalue weighted by molar-refractivity contribution is 0.170. The third kappa shape index (κ3) is 4.95. The van der Waals surface area contributed by atoms with E-state index in [1.807, 2.05) is 6.07 Å². The number of amides is 1. The number of aromatic nitrogens is 2. The molecule has 2 N–H and O–H groups in total. The number of carbonyl (C=O) groups is 1. The maximum absolute atomic E-state index is 12.2. The van der Waals surface area contributed by atoms with E-state index in [1.54, 1.807) is 39.4 Å². The van der Waals surface area contributed by atoms with Crippen LogP contribution in [0.5, 0.6) is 17.2 Å². The van der Waals surface area contributed by atoms with Crippen molar-refractivity contribution in [3.05, 3.63) is 46.7 Å². The Labute approximate surface area is 190 Å². The zero-order valence-electron chi connectivity index (χ0n) is 18.3. The van der Waals surface area contributed by atoms with Crippen molar-refractivity contribution in [2.24, 2.45) is 0 Å². The van der Waals surface area contributed by atoms with Crippen LogP contribution < -0.4 is 19.5 Å². The number of aliphatic hydroxyl groups is 1. The molecule has 0 radical (unpaired) electrons. The molecule has 2 aromatic carbocycles. The number of aliphatic hydroxyl groups excluding tert-OH is 1. The van der Waals surface area contributed by atoms with Crippen molar-refractivity contribution in [2.45, 2.75) is 13.0 Å². The van der Waals surface area contributed by atoms with Crippen LogP contribution in [0.15, 0.2) is 30.6 Å². The highest BCUT2D eigenvalue weighted by Crippen LogP contribution is 2.39. The van der Waals surface area contributed by atoms with Gasteiger partial charge in [-0.1, -0.05) is 17.7 Å². The van der Waals surface area contributed by atoms with Crippen molar-refractivity contribution in [3.63, 3.8) is 0 Å². The van der Waals surface area contributed by atoms with Crippen LogP contribution in [0.4, 0.5) is 10.6 Å². The summed E-state index contributed by atoms with van der Waals surface area (Å²) >= 11 is 6.22. The molecule has 0 spiro atoms. The lowest BCUT2D eigenvalue weighted by Gasteiger charge is -2.18. The van der Waals surface area contributed by atoms with E-state index in [1.165, 1.54) is 18.3 Å². The zero-order chi connectivity index (χ0) is 23.3. The Morgan fingerprint density at radius 1 is 1.16 bits per heavy atom. The largest absolute Gasteiger partial charge is 0.495 e. The van der Waals surface area contributed by atoms with Crippen LogP contribution >= 0.6 is 11.6 Å². The quantitative estimate of drug-likeness (QED) is 0.526. The number of benzene rings is 2. The third-order valence-electron chi connectivity index (χ3n) is 4.75. The van der Waals surface area contributed by atoms with Gasteiger partial charge in [0.2, 0.25) is 0 Å². The number of carbonyl (C=O) groups excluding carboxylic acids is 1. The highest BCUT2D eigenvalue weighted by Gasteiger charge is 2.21. The summed E-state index contributed by atoms with van der Waals surface area (Å²) in [6.07, 6.45) is 1.13. The average Bonchev–Trinajstić information content (AvgIpc) is 2.78. The van der Waals surface area contributed by atoms with E-state index in [0.29, 0.717) is 45.4 Å². The van der Waals surface area contributed by atoms with E-state index in [4.69, 9.17) is 25.8 Å². The minimum atomic E-state index is -0.558. The topological polar surface area (TPSA) is 106 Å². The van der Waals surface area contributed by atoms with Crippen molar-refractivity contribution in [3.8, 4) is 17.2 Å². The first-order valence-corrected chi connectivity index (χ1v) is 10.2. The van der Waals surface area contributed by atoms with Crippen LogP contribution in [-0.2, 0) is 13.0 Å². The molecule has 3 aromatic rings. The molecule has 0 bridgehead atoms. The molecule has 1 heterocycles. The van der Waals surface area contributed by atoms with E-state index in [9.17, 15) is 9.90 Å². The Morgan fingerprint density at radius 3 is 2.56 bits per heavy atom. The molecule has 32 heavy (non-hydrogen) atoms. The lowest BCUT2D eigenvalue weighted by atomic mass is 10.0. The molecule has 0 aliphatic carbocycles. The lowest BCUT2D eigenvalue weighted by Crippen LogP contribution is -2.25. The van der Waals surface area contributed by atoms with E-state index >= 15 is 0 Å². The smallest absolute Gasteiger partial charge is 0.414 e. The second-order valence-electron chi connectivity index (χ2n) is 7.06. The second kappa shape index (κ2) is 10.3. The summed E-state index contributed by atoms with van der Waals surface area (Å²) in [6.45, 7) is 0.303. The number of rotatable bonds is 8. The number of nitrogens with one attached hydrogen (secondary N) is 1. The first kappa shape index (κ1) is 23.4. The van der Waals surface area contributed by atoms with Crippen LogP contribution in [0, 0.1) is 0 Å². The predicted octanol–water partition coefficient (Wildman–Crippen LogP) is 3.51. The van der Waals surface area contributed by atoms with Gasteiger partial charge in [0.25, 0.3) is 0 Å². The summed E-state index contributed by atoms with van der Waals surface area (Å²) in [4.78, 5) is 22.2.